The van der Waals surface area contributed by atoms with Crippen LogP contribution in [-0.4, -0.2) is 37.1 Å². The van der Waals surface area contributed by atoms with Crippen LogP contribution in [0, 0.1) is 6.92 Å². The fourth-order valence-corrected chi connectivity index (χ4v) is 2.86. The monoisotopic (exact) mass is 431 g/mol. The lowest BCUT2D eigenvalue weighted by Crippen LogP contribution is -2.24. The fraction of sp³-hybridized carbons (Fsp3) is 0.200. The van der Waals surface area contributed by atoms with Gasteiger partial charge in [0.05, 0.1) is 6.54 Å². The lowest BCUT2D eigenvalue weighted by Gasteiger charge is -2.09. The van der Waals surface area contributed by atoms with Crippen molar-refractivity contribution in [2.45, 2.75) is 19.8 Å². The maximum atomic E-state index is 12.6. The second-order valence-corrected chi connectivity index (χ2v) is 6.62. The van der Waals surface area contributed by atoms with Crippen LogP contribution in [0.4, 0.5) is 13.2 Å². The third kappa shape index (κ3) is 4.82. The molecule has 4 rings (SSSR count). The zero-order valence-electron chi connectivity index (χ0n) is 16.2. The van der Waals surface area contributed by atoms with E-state index in [2.05, 4.69) is 19.8 Å². The number of alkyl halides is 3. The van der Waals surface area contributed by atoms with E-state index in [1.807, 2.05) is 6.92 Å². The second-order valence-electron chi connectivity index (χ2n) is 6.62. The quantitative estimate of drug-likeness (QED) is 0.466. The van der Waals surface area contributed by atoms with Crippen molar-refractivity contribution in [3.63, 3.8) is 0 Å². The molecule has 0 unspecified atom stereocenters. The molecule has 0 amide bonds. The lowest BCUT2D eigenvalue weighted by molar-refractivity contribution is -0.274. The minimum atomic E-state index is -4.75. The number of halogens is 3. The Bertz CT molecular complexity index is 1250. The summed E-state index contributed by atoms with van der Waals surface area (Å²) in [7, 11) is 0. The Morgan fingerprint density at radius 2 is 1.68 bits per heavy atom. The van der Waals surface area contributed by atoms with Gasteiger partial charge in [-0.15, -0.1) is 18.3 Å². The molecule has 0 bridgehead atoms. The van der Waals surface area contributed by atoms with Crippen LogP contribution in [-0.2, 0) is 6.54 Å². The van der Waals surface area contributed by atoms with Gasteiger partial charge in [-0.1, -0.05) is 12.1 Å². The van der Waals surface area contributed by atoms with Crippen molar-refractivity contribution in [3.05, 3.63) is 71.0 Å². The standard InChI is InChI=1S/C20H16F3N5O3/c1-13-10-24-18(25-11-13)30-9-8-28-19(29)27-12-15(4-7-17(27)26-28)14-2-5-16(6-3-14)31-20(21,22)23/h2-7,10-12H,8-9H2,1H3. The summed E-state index contributed by atoms with van der Waals surface area (Å²) in [5.74, 6) is -0.320. The van der Waals surface area contributed by atoms with Gasteiger partial charge in [0.1, 0.15) is 12.4 Å². The highest BCUT2D eigenvalue weighted by Gasteiger charge is 2.30. The SMILES string of the molecule is Cc1cnc(OCCn2nc3ccc(-c4ccc(OC(F)(F)F)cc4)cn3c2=O)nc1. The van der Waals surface area contributed by atoms with Gasteiger partial charge < -0.3 is 9.47 Å². The molecule has 0 aliphatic carbocycles. The highest BCUT2D eigenvalue weighted by atomic mass is 19.4. The number of ether oxygens (including phenoxy) is 2. The first-order valence-corrected chi connectivity index (χ1v) is 9.15. The summed E-state index contributed by atoms with van der Waals surface area (Å²) < 4.78 is 48.8. The molecule has 160 valence electrons. The van der Waals surface area contributed by atoms with E-state index in [4.69, 9.17) is 4.74 Å². The summed E-state index contributed by atoms with van der Waals surface area (Å²) in [6, 6.07) is 8.97. The van der Waals surface area contributed by atoms with E-state index in [9.17, 15) is 18.0 Å². The van der Waals surface area contributed by atoms with E-state index in [0.717, 1.165) is 5.56 Å². The van der Waals surface area contributed by atoms with E-state index in [1.165, 1.54) is 33.3 Å². The molecular formula is C20H16F3N5O3. The van der Waals surface area contributed by atoms with E-state index >= 15 is 0 Å². The van der Waals surface area contributed by atoms with Crippen molar-refractivity contribution in [2.24, 2.45) is 0 Å². The molecule has 0 atom stereocenters. The topological polar surface area (TPSA) is 83.5 Å². The van der Waals surface area contributed by atoms with Crippen LogP contribution in [0.25, 0.3) is 16.8 Å². The largest absolute Gasteiger partial charge is 0.573 e. The summed E-state index contributed by atoms with van der Waals surface area (Å²) >= 11 is 0. The molecule has 3 heterocycles. The highest BCUT2D eigenvalue weighted by Crippen LogP contribution is 2.26. The Balaban J connectivity index is 1.50. The Hall–Kier alpha value is -3.89. The summed E-state index contributed by atoms with van der Waals surface area (Å²) in [6.45, 7) is 2.20. The van der Waals surface area contributed by atoms with E-state index < -0.39 is 6.36 Å². The zero-order chi connectivity index (χ0) is 22.0. The summed E-state index contributed by atoms with van der Waals surface area (Å²) in [5.41, 5.74) is 2.22. The van der Waals surface area contributed by atoms with Gasteiger partial charge in [0.15, 0.2) is 5.65 Å². The molecule has 0 N–H and O–H groups in total. The van der Waals surface area contributed by atoms with E-state index in [-0.39, 0.29) is 30.6 Å². The molecule has 8 nitrogen and oxygen atoms in total. The third-order valence-corrected chi connectivity index (χ3v) is 4.29. The van der Waals surface area contributed by atoms with Gasteiger partial charge in [-0.25, -0.2) is 23.8 Å². The minimum absolute atomic E-state index is 0.153. The van der Waals surface area contributed by atoms with Crippen molar-refractivity contribution in [1.29, 1.82) is 0 Å². The minimum Gasteiger partial charge on any atom is -0.461 e. The third-order valence-electron chi connectivity index (χ3n) is 4.29. The number of fused-ring (bicyclic) bond motifs is 1. The first-order valence-electron chi connectivity index (χ1n) is 9.15. The number of pyridine rings is 1. The fourth-order valence-electron chi connectivity index (χ4n) is 2.86. The van der Waals surface area contributed by atoms with Gasteiger partial charge in [-0.05, 0) is 47.9 Å². The van der Waals surface area contributed by atoms with Crippen LogP contribution >= 0.6 is 0 Å². The summed E-state index contributed by atoms with van der Waals surface area (Å²) in [4.78, 5) is 20.7. The average molecular weight is 431 g/mol. The molecule has 0 aliphatic rings. The van der Waals surface area contributed by atoms with Crippen LogP contribution < -0.4 is 15.2 Å². The predicted octanol–water partition coefficient (Wildman–Crippen LogP) is 3.24. The van der Waals surface area contributed by atoms with Crippen molar-refractivity contribution >= 4 is 5.65 Å². The number of aryl methyl sites for hydroxylation is 1. The average Bonchev–Trinajstić information content (AvgIpc) is 3.04. The van der Waals surface area contributed by atoms with Crippen molar-refractivity contribution < 1.29 is 22.6 Å². The van der Waals surface area contributed by atoms with Crippen LogP contribution in [0.2, 0.25) is 0 Å². The van der Waals surface area contributed by atoms with Crippen molar-refractivity contribution in [1.82, 2.24) is 24.1 Å². The molecular weight excluding hydrogens is 415 g/mol. The van der Waals surface area contributed by atoms with Gasteiger partial charge in [-0.2, -0.15) is 0 Å². The Morgan fingerprint density at radius 1 is 1.00 bits per heavy atom. The lowest BCUT2D eigenvalue weighted by atomic mass is 10.1. The Morgan fingerprint density at radius 3 is 2.35 bits per heavy atom. The number of hydrogen-bond acceptors (Lipinski definition) is 6. The molecule has 31 heavy (non-hydrogen) atoms. The molecule has 0 saturated heterocycles. The summed E-state index contributed by atoms with van der Waals surface area (Å²) in [5, 5.41) is 4.25. The van der Waals surface area contributed by atoms with Gasteiger partial charge in [0.25, 0.3) is 0 Å². The van der Waals surface area contributed by atoms with Crippen LogP contribution in [0.5, 0.6) is 11.8 Å². The number of hydrogen-bond donors (Lipinski definition) is 0. The zero-order valence-corrected chi connectivity index (χ0v) is 16.2. The molecule has 0 radical (unpaired) electrons. The maximum absolute atomic E-state index is 12.6. The molecule has 0 spiro atoms. The van der Waals surface area contributed by atoms with Crippen LogP contribution in [0.15, 0.2) is 59.8 Å². The molecule has 4 aromatic rings. The normalized spacial score (nSPS) is 11.6. The maximum Gasteiger partial charge on any atom is 0.573 e. The van der Waals surface area contributed by atoms with Crippen LogP contribution in [0.3, 0.4) is 0 Å². The van der Waals surface area contributed by atoms with Crippen LogP contribution in [0.1, 0.15) is 5.56 Å². The molecule has 11 heteroatoms. The van der Waals surface area contributed by atoms with Gasteiger partial charge in [-0.3, -0.25) is 0 Å². The highest BCUT2D eigenvalue weighted by molar-refractivity contribution is 5.65. The summed E-state index contributed by atoms with van der Waals surface area (Å²) in [6.07, 6.45) is 0.0772. The smallest absolute Gasteiger partial charge is 0.461 e. The van der Waals surface area contributed by atoms with Gasteiger partial charge >= 0.3 is 18.1 Å². The number of nitrogens with zero attached hydrogens (tertiary/aromatic N) is 5. The molecule has 1 aromatic carbocycles. The Labute approximate surface area is 173 Å². The number of rotatable bonds is 6. The number of aromatic nitrogens is 5. The molecule has 0 saturated carbocycles. The predicted molar refractivity (Wildman–Crippen MR) is 104 cm³/mol. The van der Waals surface area contributed by atoms with Gasteiger partial charge in [0, 0.05) is 18.6 Å². The van der Waals surface area contributed by atoms with E-state index in [1.54, 1.807) is 30.7 Å². The molecule has 3 aromatic heterocycles. The van der Waals surface area contributed by atoms with Gasteiger partial charge in [0.2, 0.25) is 0 Å². The molecule has 0 fully saturated rings. The molecule has 0 aliphatic heterocycles. The first-order chi connectivity index (χ1) is 14.8. The van der Waals surface area contributed by atoms with Crippen molar-refractivity contribution in [2.75, 3.05) is 6.61 Å². The van der Waals surface area contributed by atoms with Crippen molar-refractivity contribution in [3.8, 4) is 22.9 Å². The van der Waals surface area contributed by atoms with E-state index in [0.29, 0.717) is 16.8 Å². The second kappa shape index (κ2) is 8.09. The Kier molecular flexibility index (Phi) is 5.32. The first kappa shape index (κ1) is 20.4. The number of benzene rings is 1.